The number of likely N-dealkylation sites (tertiary alicyclic amines) is 1. The van der Waals surface area contributed by atoms with E-state index in [0.29, 0.717) is 38.3 Å². The van der Waals surface area contributed by atoms with E-state index in [1.54, 1.807) is 4.90 Å². The number of rotatable bonds is 3. The van der Waals surface area contributed by atoms with Gasteiger partial charge in [0.05, 0.1) is 17.8 Å². The van der Waals surface area contributed by atoms with Gasteiger partial charge in [-0.15, -0.1) is 0 Å². The molecule has 6 nitrogen and oxygen atoms in total. The summed E-state index contributed by atoms with van der Waals surface area (Å²) in [6, 6.07) is 9.76. The molecule has 6 heteroatoms. The van der Waals surface area contributed by atoms with E-state index in [1.807, 2.05) is 36.1 Å². The lowest BCUT2D eigenvalue weighted by molar-refractivity contribution is -0.139. The van der Waals surface area contributed by atoms with Gasteiger partial charge >= 0.3 is 0 Å². The van der Waals surface area contributed by atoms with Crippen molar-refractivity contribution in [3.05, 3.63) is 29.8 Å². The molecule has 2 aliphatic heterocycles. The number of benzene rings is 1. The number of hydrogen-bond donors (Lipinski definition) is 0. The smallest absolute Gasteiger partial charge is 0.242 e. The third-order valence-electron chi connectivity index (χ3n) is 4.89. The summed E-state index contributed by atoms with van der Waals surface area (Å²) < 4.78 is 0. The minimum Gasteiger partial charge on any atom is -0.367 e. The van der Waals surface area contributed by atoms with Gasteiger partial charge in [0, 0.05) is 38.6 Å². The van der Waals surface area contributed by atoms with E-state index in [4.69, 9.17) is 0 Å². The van der Waals surface area contributed by atoms with Crippen LogP contribution in [0.15, 0.2) is 24.3 Å². The van der Waals surface area contributed by atoms with Gasteiger partial charge in [0.1, 0.15) is 6.07 Å². The Kier molecular flexibility index (Phi) is 4.70. The third-order valence-corrected chi connectivity index (χ3v) is 4.89. The molecule has 0 radical (unpaired) electrons. The van der Waals surface area contributed by atoms with Gasteiger partial charge < -0.3 is 14.7 Å². The highest BCUT2D eigenvalue weighted by Crippen LogP contribution is 2.21. The molecule has 0 bridgehead atoms. The van der Waals surface area contributed by atoms with Gasteiger partial charge in [-0.1, -0.05) is 19.1 Å². The highest BCUT2D eigenvalue weighted by atomic mass is 16.2. The quantitative estimate of drug-likeness (QED) is 0.833. The molecule has 2 fully saturated rings. The van der Waals surface area contributed by atoms with Crippen molar-refractivity contribution in [3.63, 3.8) is 0 Å². The maximum absolute atomic E-state index is 12.4. The van der Waals surface area contributed by atoms with Gasteiger partial charge in [-0.3, -0.25) is 9.59 Å². The van der Waals surface area contributed by atoms with Crippen molar-refractivity contribution in [1.82, 2.24) is 9.80 Å². The molecule has 0 N–H and O–H groups in total. The molecule has 2 aliphatic rings. The number of amides is 2. The molecule has 1 atom stereocenters. The van der Waals surface area contributed by atoms with E-state index in [2.05, 4.69) is 11.0 Å². The van der Waals surface area contributed by atoms with Gasteiger partial charge in [0.2, 0.25) is 11.8 Å². The summed E-state index contributed by atoms with van der Waals surface area (Å²) in [6.45, 7) is 5.44. The first kappa shape index (κ1) is 16.3. The monoisotopic (exact) mass is 326 g/mol. The maximum atomic E-state index is 12.4. The zero-order chi connectivity index (χ0) is 17.1. The molecule has 0 unspecified atom stereocenters. The Balaban J connectivity index is 1.56. The normalized spacial score (nSPS) is 21.1. The highest BCUT2D eigenvalue weighted by molar-refractivity contribution is 5.87. The van der Waals surface area contributed by atoms with E-state index in [-0.39, 0.29) is 24.3 Å². The van der Waals surface area contributed by atoms with E-state index in [1.165, 1.54) is 0 Å². The fourth-order valence-electron chi connectivity index (χ4n) is 3.36. The zero-order valence-electron chi connectivity index (χ0n) is 13.9. The minimum absolute atomic E-state index is 0.0191. The van der Waals surface area contributed by atoms with Crippen molar-refractivity contribution in [2.24, 2.45) is 5.92 Å². The Labute approximate surface area is 142 Å². The number of piperazine rings is 1. The fraction of sp³-hybridized carbons (Fsp3) is 0.500. The fourth-order valence-corrected chi connectivity index (χ4v) is 3.36. The van der Waals surface area contributed by atoms with Crippen LogP contribution in [0.2, 0.25) is 0 Å². The molecular formula is C18H22N4O2. The SMILES string of the molecule is C[C@@H]1CCN(CC(=O)N2CCN(c3ccccc3C#N)CC2)C1=O. The summed E-state index contributed by atoms with van der Waals surface area (Å²) in [5, 5.41) is 9.22. The molecule has 24 heavy (non-hydrogen) atoms. The summed E-state index contributed by atoms with van der Waals surface area (Å²) in [7, 11) is 0. The molecule has 2 heterocycles. The molecule has 2 amide bonds. The van der Waals surface area contributed by atoms with Crippen molar-refractivity contribution < 1.29 is 9.59 Å². The standard InChI is InChI=1S/C18H22N4O2/c1-14-6-7-22(18(14)24)13-17(23)21-10-8-20(9-11-21)16-5-3-2-4-15(16)12-19/h2-5,14H,6-11,13H2,1H3/t14-/m1/s1. The van der Waals surface area contributed by atoms with E-state index >= 15 is 0 Å². The summed E-state index contributed by atoms with van der Waals surface area (Å²) in [4.78, 5) is 30.0. The second kappa shape index (κ2) is 6.91. The van der Waals surface area contributed by atoms with Crippen molar-refractivity contribution >= 4 is 17.5 Å². The first-order valence-corrected chi connectivity index (χ1v) is 8.41. The topological polar surface area (TPSA) is 67.7 Å². The number of carbonyl (C=O) groups excluding carboxylic acids is 2. The second-order valence-electron chi connectivity index (χ2n) is 6.45. The molecule has 0 spiro atoms. The Hall–Kier alpha value is -2.55. The lowest BCUT2D eigenvalue weighted by Crippen LogP contribution is -2.51. The molecule has 0 aromatic heterocycles. The molecule has 0 aliphatic carbocycles. The van der Waals surface area contributed by atoms with Gasteiger partial charge in [0.25, 0.3) is 0 Å². The summed E-state index contributed by atoms with van der Waals surface area (Å²) in [6.07, 6.45) is 0.838. The Morgan fingerprint density at radius 2 is 1.92 bits per heavy atom. The first-order chi connectivity index (χ1) is 11.6. The average molecular weight is 326 g/mol. The number of hydrogen-bond acceptors (Lipinski definition) is 4. The summed E-state index contributed by atoms with van der Waals surface area (Å²) >= 11 is 0. The van der Waals surface area contributed by atoms with Crippen LogP contribution in [-0.4, -0.2) is 60.9 Å². The predicted molar refractivity (Wildman–Crippen MR) is 90.3 cm³/mol. The van der Waals surface area contributed by atoms with E-state index < -0.39 is 0 Å². The number of para-hydroxylation sites is 1. The van der Waals surface area contributed by atoms with Crippen LogP contribution in [-0.2, 0) is 9.59 Å². The number of nitrogens with zero attached hydrogens (tertiary/aromatic N) is 4. The minimum atomic E-state index is 0.0191. The Bertz CT molecular complexity index is 674. The number of nitriles is 1. The second-order valence-corrected chi connectivity index (χ2v) is 6.45. The van der Waals surface area contributed by atoms with Crippen LogP contribution in [0.3, 0.4) is 0 Å². The Morgan fingerprint density at radius 1 is 1.21 bits per heavy atom. The molecule has 126 valence electrons. The van der Waals surface area contributed by atoms with Crippen molar-refractivity contribution in [3.8, 4) is 6.07 Å². The molecule has 1 aromatic rings. The number of anilines is 1. The lowest BCUT2D eigenvalue weighted by Gasteiger charge is -2.37. The van der Waals surface area contributed by atoms with Gasteiger partial charge in [0.15, 0.2) is 0 Å². The van der Waals surface area contributed by atoms with E-state index in [0.717, 1.165) is 12.1 Å². The van der Waals surface area contributed by atoms with Crippen LogP contribution in [0.5, 0.6) is 0 Å². The summed E-state index contributed by atoms with van der Waals surface area (Å²) in [5.41, 5.74) is 1.59. The lowest BCUT2D eigenvalue weighted by atomic mass is 10.1. The van der Waals surface area contributed by atoms with Crippen LogP contribution in [0, 0.1) is 17.2 Å². The third kappa shape index (κ3) is 3.21. The van der Waals surface area contributed by atoms with Crippen LogP contribution in [0.25, 0.3) is 0 Å². The molecule has 2 saturated heterocycles. The van der Waals surface area contributed by atoms with Crippen molar-refractivity contribution in [2.45, 2.75) is 13.3 Å². The Morgan fingerprint density at radius 3 is 2.54 bits per heavy atom. The van der Waals surface area contributed by atoms with Crippen LogP contribution in [0.4, 0.5) is 5.69 Å². The first-order valence-electron chi connectivity index (χ1n) is 8.41. The van der Waals surface area contributed by atoms with Crippen molar-refractivity contribution in [1.29, 1.82) is 5.26 Å². The van der Waals surface area contributed by atoms with Gasteiger partial charge in [-0.2, -0.15) is 5.26 Å². The summed E-state index contributed by atoms with van der Waals surface area (Å²) in [5.74, 6) is 0.146. The highest BCUT2D eigenvalue weighted by Gasteiger charge is 2.31. The van der Waals surface area contributed by atoms with E-state index in [9.17, 15) is 14.9 Å². The number of carbonyl (C=O) groups is 2. The van der Waals surface area contributed by atoms with Gasteiger partial charge in [-0.25, -0.2) is 0 Å². The van der Waals surface area contributed by atoms with Crippen LogP contribution in [0.1, 0.15) is 18.9 Å². The van der Waals surface area contributed by atoms with Gasteiger partial charge in [-0.05, 0) is 18.6 Å². The molecule has 1 aromatic carbocycles. The van der Waals surface area contributed by atoms with Crippen molar-refractivity contribution in [2.75, 3.05) is 44.2 Å². The van der Waals surface area contributed by atoms with Crippen LogP contribution >= 0.6 is 0 Å². The van der Waals surface area contributed by atoms with Crippen LogP contribution < -0.4 is 4.90 Å². The molecule has 0 saturated carbocycles. The zero-order valence-corrected chi connectivity index (χ0v) is 13.9. The average Bonchev–Trinajstić information content (AvgIpc) is 2.94. The molecule has 3 rings (SSSR count). The molecular weight excluding hydrogens is 304 g/mol. The largest absolute Gasteiger partial charge is 0.367 e. The predicted octanol–water partition coefficient (Wildman–Crippen LogP) is 1.08. The maximum Gasteiger partial charge on any atom is 0.242 e.